The third-order valence-electron chi connectivity index (χ3n) is 5.38. The third-order valence-corrected chi connectivity index (χ3v) is 5.38. The molecule has 4 rings (SSSR count). The number of aromatic nitrogens is 1. The van der Waals surface area contributed by atoms with Crippen LogP contribution in [0, 0.1) is 0 Å². The Morgan fingerprint density at radius 2 is 2.00 bits per heavy atom. The van der Waals surface area contributed by atoms with Gasteiger partial charge in [-0.05, 0) is 37.8 Å². The van der Waals surface area contributed by atoms with Gasteiger partial charge in [0, 0.05) is 25.0 Å². The number of nitrogens with zero attached hydrogens (tertiary/aromatic N) is 3. The van der Waals surface area contributed by atoms with E-state index in [1.54, 1.807) is 6.20 Å². The van der Waals surface area contributed by atoms with Crippen LogP contribution in [0.4, 0.5) is 0 Å². The Labute approximate surface area is 153 Å². The second-order valence-electron chi connectivity index (χ2n) is 7.25. The number of benzene rings is 1. The van der Waals surface area contributed by atoms with Gasteiger partial charge in [-0.25, -0.2) is 0 Å². The van der Waals surface area contributed by atoms with Crippen LogP contribution in [0.2, 0.25) is 0 Å². The highest BCUT2D eigenvalue weighted by atomic mass is 16.5. The molecule has 0 unspecified atom stereocenters. The maximum Gasteiger partial charge on any atom is 0.237 e. The summed E-state index contributed by atoms with van der Waals surface area (Å²) in [4.78, 5) is 20.9. The topological polar surface area (TPSA) is 71.7 Å². The molecule has 2 aliphatic heterocycles. The van der Waals surface area contributed by atoms with Crippen LogP contribution in [0.3, 0.4) is 0 Å². The molecular formula is C20H26N4O2. The number of hydrogen-bond acceptors (Lipinski definition) is 5. The molecule has 2 saturated heterocycles. The molecule has 3 heterocycles. The van der Waals surface area contributed by atoms with E-state index in [0.717, 1.165) is 62.0 Å². The van der Waals surface area contributed by atoms with Gasteiger partial charge in [-0.3, -0.25) is 14.7 Å². The van der Waals surface area contributed by atoms with Gasteiger partial charge in [0.05, 0.1) is 24.4 Å². The fourth-order valence-corrected chi connectivity index (χ4v) is 3.88. The summed E-state index contributed by atoms with van der Waals surface area (Å²) in [5.41, 5.74) is 6.97. The van der Waals surface area contributed by atoms with Gasteiger partial charge in [0.2, 0.25) is 5.91 Å². The molecule has 1 atom stereocenters. The van der Waals surface area contributed by atoms with Gasteiger partial charge in [-0.15, -0.1) is 0 Å². The molecule has 0 saturated carbocycles. The largest absolute Gasteiger partial charge is 0.489 e. The predicted molar refractivity (Wildman–Crippen MR) is 101 cm³/mol. The fraction of sp³-hybridized carbons (Fsp3) is 0.500. The third kappa shape index (κ3) is 3.81. The molecule has 6 heteroatoms. The zero-order valence-corrected chi connectivity index (χ0v) is 15.0. The van der Waals surface area contributed by atoms with Gasteiger partial charge in [0.15, 0.2) is 0 Å². The van der Waals surface area contributed by atoms with Crippen molar-refractivity contribution < 1.29 is 9.53 Å². The number of nitrogens with two attached hydrogens (primary N) is 1. The molecule has 2 aromatic rings. The van der Waals surface area contributed by atoms with Gasteiger partial charge < -0.3 is 15.4 Å². The van der Waals surface area contributed by atoms with Crippen LogP contribution < -0.4 is 10.5 Å². The second kappa shape index (κ2) is 7.60. The van der Waals surface area contributed by atoms with Gasteiger partial charge >= 0.3 is 0 Å². The van der Waals surface area contributed by atoms with Crippen LogP contribution in [-0.2, 0) is 4.79 Å². The number of likely N-dealkylation sites (tertiary alicyclic amines) is 2. The molecule has 2 aliphatic rings. The summed E-state index contributed by atoms with van der Waals surface area (Å²) in [7, 11) is 0. The highest BCUT2D eigenvalue weighted by Gasteiger charge is 2.28. The molecule has 0 spiro atoms. The lowest BCUT2D eigenvalue weighted by Gasteiger charge is -2.33. The molecular weight excluding hydrogens is 328 g/mol. The minimum Gasteiger partial charge on any atom is -0.489 e. The van der Waals surface area contributed by atoms with E-state index in [2.05, 4.69) is 9.88 Å². The van der Waals surface area contributed by atoms with Crippen molar-refractivity contribution in [3.8, 4) is 5.75 Å². The number of carbonyl (C=O) groups excluding carboxylic acids is 1. The Kier molecular flexibility index (Phi) is 5.04. The summed E-state index contributed by atoms with van der Waals surface area (Å²) < 4.78 is 6.13. The van der Waals surface area contributed by atoms with Crippen LogP contribution in [-0.4, -0.2) is 59.1 Å². The number of amides is 1. The maximum absolute atomic E-state index is 12.4. The summed E-state index contributed by atoms with van der Waals surface area (Å²) in [5.74, 6) is 0.981. The highest BCUT2D eigenvalue weighted by Crippen LogP contribution is 2.22. The van der Waals surface area contributed by atoms with Crippen LogP contribution >= 0.6 is 0 Å². The van der Waals surface area contributed by atoms with Gasteiger partial charge in [0.1, 0.15) is 11.9 Å². The molecule has 1 amide bonds. The molecule has 0 bridgehead atoms. The fourth-order valence-electron chi connectivity index (χ4n) is 3.88. The Bertz CT molecular complexity index is 773. The van der Waals surface area contributed by atoms with Crippen LogP contribution in [0.25, 0.3) is 10.9 Å². The molecule has 2 N–H and O–H groups in total. The number of hydrogen-bond donors (Lipinski definition) is 1. The monoisotopic (exact) mass is 354 g/mol. The first-order valence-electron chi connectivity index (χ1n) is 9.48. The van der Waals surface area contributed by atoms with E-state index >= 15 is 0 Å². The number of para-hydroxylation sites is 1. The lowest BCUT2D eigenvalue weighted by molar-refractivity contribution is -0.133. The lowest BCUT2D eigenvalue weighted by atomic mass is 10.1. The van der Waals surface area contributed by atoms with E-state index < -0.39 is 0 Å². The standard InChI is InChI=1S/C20H26N4O2/c21-19-6-3-9-24(19)20(25)14-23-10-7-16(8-11-23)26-17-12-15-4-1-2-5-18(15)22-13-17/h1-2,4-5,12-13,16,19H,3,6-11,14,21H2/t19-/m0/s1. The summed E-state index contributed by atoms with van der Waals surface area (Å²) >= 11 is 0. The van der Waals surface area contributed by atoms with Gasteiger partial charge in [0.25, 0.3) is 0 Å². The number of piperidine rings is 1. The van der Waals surface area contributed by atoms with Crippen molar-refractivity contribution in [2.24, 2.45) is 5.73 Å². The van der Waals surface area contributed by atoms with Crippen molar-refractivity contribution >= 4 is 16.8 Å². The molecule has 0 aliphatic carbocycles. The lowest BCUT2D eigenvalue weighted by Crippen LogP contribution is -2.48. The number of pyridine rings is 1. The minimum absolute atomic E-state index is 0.0937. The van der Waals surface area contributed by atoms with E-state index in [1.807, 2.05) is 35.2 Å². The summed E-state index contributed by atoms with van der Waals surface area (Å²) in [6.45, 7) is 3.02. The van der Waals surface area contributed by atoms with Crippen molar-refractivity contribution in [1.82, 2.24) is 14.8 Å². The van der Waals surface area contributed by atoms with Crippen molar-refractivity contribution in [3.05, 3.63) is 36.5 Å². The molecule has 1 aromatic carbocycles. The highest BCUT2D eigenvalue weighted by molar-refractivity contribution is 5.79. The van der Waals surface area contributed by atoms with Crippen LogP contribution in [0.1, 0.15) is 25.7 Å². The molecule has 6 nitrogen and oxygen atoms in total. The van der Waals surface area contributed by atoms with E-state index in [0.29, 0.717) is 6.54 Å². The Morgan fingerprint density at radius 3 is 2.77 bits per heavy atom. The van der Waals surface area contributed by atoms with E-state index in [4.69, 9.17) is 10.5 Å². The predicted octanol–water partition coefficient (Wildman–Crippen LogP) is 1.99. The average Bonchev–Trinajstić information content (AvgIpc) is 3.09. The first-order chi connectivity index (χ1) is 12.7. The molecule has 1 aromatic heterocycles. The quantitative estimate of drug-likeness (QED) is 0.909. The molecule has 26 heavy (non-hydrogen) atoms. The molecule has 0 radical (unpaired) electrons. The SMILES string of the molecule is N[C@@H]1CCCN1C(=O)CN1CCC(Oc2cnc3ccccc3c2)CC1. The van der Waals surface area contributed by atoms with Crippen molar-refractivity contribution in [1.29, 1.82) is 0 Å². The summed E-state index contributed by atoms with van der Waals surface area (Å²) in [5, 5.41) is 1.09. The zero-order valence-electron chi connectivity index (χ0n) is 15.0. The Morgan fingerprint density at radius 1 is 1.19 bits per heavy atom. The first-order valence-corrected chi connectivity index (χ1v) is 9.48. The normalized spacial score (nSPS) is 22.0. The van der Waals surface area contributed by atoms with Crippen LogP contribution in [0.5, 0.6) is 5.75 Å². The number of fused-ring (bicyclic) bond motifs is 1. The van der Waals surface area contributed by atoms with E-state index in [-0.39, 0.29) is 18.2 Å². The smallest absolute Gasteiger partial charge is 0.237 e. The zero-order chi connectivity index (χ0) is 17.9. The van der Waals surface area contributed by atoms with Gasteiger partial charge in [-0.1, -0.05) is 18.2 Å². The van der Waals surface area contributed by atoms with Crippen molar-refractivity contribution in [2.45, 2.75) is 38.0 Å². The average molecular weight is 354 g/mol. The number of carbonyl (C=O) groups is 1. The minimum atomic E-state index is -0.0937. The molecule has 138 valence electrons. The van der Waals surface area contributed by atoms with E-state index in [1.165, 1.54) is 0 Å². The Hall–Kier alpha value is -2.18. The van der Waals surface area contributed by atoms with Gasteiger partial charge in [-0.2, -0.15) is 0 Å². The summed E-state index contributed by atoms with van der Waals surface area (Å²) in [6.07, 6.45) is 5.66. The number of ether oxygens (including phenoxy) is 1. The maximum atomic E-state index is 12.4. The van der Waals surface area contributed by atoms with E-state index in [9.17, 15) is 4.79 Å². The van der Waals surface area contributed by atoms with Crippen LogP contribution in [0.15, 0.2) is 36.5 Å². The number of rotatable bonds is 4. The summed E-state index contributed by atoms with van der Waals surface area (Å²) in [6, 6.07) is 10.1. The van der Waals surface area contributed by atoms with Crippen molar-refractivity contribution in [2.75, 3.05) is 26.2 Å². The van der Waals surface area contributed by atoms with Crippen molar-refractivity contribution in [3.63, 3.8) is 0 Å². The second-order valence-corrected chi connectivity index (χ2v) is 7.25. The Balaban J connectivity index is 1.28. The first kappa shape index (κ1) is 17.2. The molecule has 2 fully saturated rings.